The van der Waals surface area contributed by atoms with Crippen LogP contribution < -0.4 is 0 Å². The van der Waals surface area contributed by atoms with Crippen molar-refractivity contribution in [3.8, 4) is 0 Å². The number of carbonyl (C=O) groups is 1. The first-order valence-corrected chi connectivity index (χ1v) is 5.30. The first-order valence-electron chi connectivity index (χ1n) is 5.30. The summed E-state index contributed by atoms with van der Waals surface area (Å²) in [5, 5.41) is 4.32. The first-order chi connectivity index (χ1) is 7.13. The van der Waals surface area contributed by atoms with Gasteiger partial charge in [0.2, 0.25) is 0 Å². The number of rotatable bonds is 5. The Bertz CT molecular complexity index is 331. The molecule has 0 unspecified atom stereocenters. The molecule has 4 nitrogen and oxygen atoms in total. The largest absolute Gasteiger partial charge is 0.466 e. The predicted molar refractivity (Wildman–Crippen MR) is 57.6 cm³/mol. The summed E-state index contributed by atoms with van der Waals surface area (Å²) in [5.41, 5.74) is 2.15. The van der Waals surface area contributed by atoms with Crippen LogP contribution in [0.2, 0.25) is 0 Å². The van der Waals surface area contributed by atoms with Crippen LogP contribution in [-0.2, 0) is 16.1 Å². The topological polar surface area (TPSA) is 44.1 Å². The van der Waals surface area contributed by atoms with Crippen molar-refractivity contribution in [1.82, 2.24) is 9.78 Å². The second-order valence-electron chi connectivity index (χ2n) is 3.56. The Morgan fingerprint density at radius 1 is 1.53 bits per heavy atom. The molecule has 84 valence electrons. The lowest BCUT2D eigenvalue weighted by molar-refractivity contribution is -0.143. The molecule has 1 aromatic rings. The van der Waals surface area contributed by atoms with E-state index in [1.165, 1.54) is 0 Å². The van der Waals surface area contributed by atoms with E-state index >= 15 is 0 Å². The number of aromatic nitrogens is 2. The quantitative estimate of drug-likeness (QED) is 0.696. The molecule has 0 aliphatic heterocycles. The highest BCUT2D eigenvalue weighted by Gasteiger charge is 2.04. The van der Waals surface area contributed by atoms with Crippen LogP contribution in [0.5, 0.6) is 0 Å². The number of nitrogens with zero attached hydrogens (tertiary/aromatic N) is 2. The third-order valence-electron chi connectivity index (χ3n) is 2.16. The highest BCUT2D eigenvalue weighted by atomic mass is 16.5. The maximum Gasteiger partial charge on any atom is 0.305 e. The Balaban J connectivity index is 2.31. The summed E-state index contributed by atoms with van der Waals surface area (Å²) in [6.07, 6.45) is 1.24. The van der Waals surface area contributed by atoms with E-state index in [9.17, 15) is 4.79 Å². The number of hydrogen-bond donors (Lipinski definition) is 0. The van der Waals surface area contributed by atoms with E-state index in [1.54, 1.807) is 0 Å². The smallest absolute Gasteiger partial charge is 0.305 e. The van der Waals surface area contributed by atoms with Gasteiger partial charge in [0.15, 0.2) is 0 Å². The van der Waals surface area contributed by atoms with Gasteiger partial charge in [0.25, 0.3) is 0 Å². The molecule has 0 aromatic carbocycles. The minimum Gasteiger partial charge on any atom is -0.466 e. The minimum atomic E-state index is -0.126. The molecule has 0 saturated heterocycles. The zero-order valence-corrected chi connectivity index (χ0v) is 9.62. The lowest BCUT2D eigenvalue weighted by atomic mass is 10.3. The molecule has 1 aromatic heterocycles. The van der Waals surface area contributed by atoms with Crippen molar-refractivity contribution in [2.45, 2.75) is 40.2 Å². The van der Waals surface area contributed by atoms with Gasteiger partial charge in [-0.3, -0.25) is 9.48 Å². The van der Waals surface area contributed by atoms with Crippen LogP contribution in [0.15, 0.2) is 6.07 Å². The molecule has 0 fully saturated rings. The number of ether oxygens (including phenoxy) is 1. The third-order valence-corrected chi connectivity index (χ3v) is 2.16. The van der Waals surface area contributed by atoms with Crippen LogP contribution in [0, 0.1) is 13.8 Å². The fraction of sp³-hybridized carbons (Fsp3) is 0.636. The van der Waals surface area contributed by atoms with Crippen molar-refractivity contribution in [2.75, 3.05) is 6.61 Å². The highest BCUT2D eigenvalue weighted by molar-refractivity contribution is 5.69. The van der Waals surface area contributed by atoms with Crippen molar-refractivity contribution < 1.29 is 9.53 Å². The van der Waals surface area contributed by atoms with Gasteiger partial charge in [-0.05, 0) is 33.3 Å². The summed E-state index contributed by atoms with van der Waals surface area (Å²) in [4.78, 5) is 11.1. The van der Waals surface area contributed by atoms with E-state index in [4.69, 9.17) is 4.74 Å². The number of aryl methyl sites for hydroxylation is 3. The Labute approximate surface area is 90.2 Å². The lowest BCUT2D eigenvalue weighted by Crippen LogP contribution is -2.08. The Hall–Kier alpha value is -1.32. The van der Waals surface area contributed by atoms with Gasteiger partial charge >= 0.3 is 5.97 Å². The van der Waals surface area contributed by atoms with E-state index in [0.717, 1.165) is 24.4 Å². The van der Waals surface area contributed by atoms with Crippen LogP contribution in [0.4, 0.5) is 0 Å². The highest BCUT2D eigenvalue weighted by Crippen LogP contribution is 2.04. The van der Waals surface area contributed by atoms with E-state index in [2.05, 4.69) is 5.10 Å². The van der Waals surface area contributed by atoms with Gasteiger partial charge < -0.3 is 4.74 Å². The van der Waals surface area contributed by atoms with Crippen LogP contribution >= 0.6 is 0 Å². The third kappa shape index (κ3) is 3.73. The number of carbonyl (C=O) groups excluding carboxylic acids is 1. The molecule has 0 aliphatic carbocycles. The average Bonchev–Trinajstić information content (AvgIpc) is 2.46. The number of hydrogen-bond acceptors (Lipinski definition) is 3. The van der Waals surface area contributed by atoms with Crippen molar-refractivity contribution in [1.29, 1.82) is 0 Å². The van der Waals surface area contributed by atoms with Crippen molar-refractivity contribution in [2.24, 2.45) is 0 Å². The van der Waals surface area contributed by atoms with Crippen molar-refractivity contribution >= 4 is 5.97 Å². The fourth-order valence-electron chi connectivity index (χ4n) is 1.51. The first kappa shape index (κ1) is 11.8. The van der Waals surface area contributed by atoms with Crippen LogP contribution in [-0.4, -0.2) is 22.4 Å². The van der Waals surface area contributed by atoms with E-state index in [-0.39, 0.29) is 5.97 Å². The summed E-state index contributed by atoms with van der Waals surface area (Å²) in [7, 11) is 0. The van der Waals surface area contributed by atoms with E-state index < -0.39 is 0 Å². The van der Waals surface area contributed by atoms with Crippen molar-refractivity contribution in [3.63, 3.8) is 0 Å². The summed E-state index contributed by atoms with van der Waals surface area (Å²) in [6.45, 7) is 7.04. The molecule has 0 bridgehead atoms. The second kappa shape index (κ2) is 5.53. The average molecular weight is 210 g/mol. The molecule has 0 N–H and O–H groups in total. The van der Waals surface area contributed by atoms with Gasteiger partial charge in [-0.15, -0.1) is 0 Å². The summed E-state index contributed by atoms with van der Waals surface area (Å²) in [6, 6.07) is 2.03. The zero-order chi connectivity index (χ0) is 11.3. The molecule has 15 heavy (non-hydrogen) atoms. The van der Waals surface area contributed by atoms with Gasteiger partial charge in [-0.1, -0.05) is 0 Å². The second-order valence-corrected chi connectivity index (χ2v) is 3.56. The summed E-state index contributed by atoms with van der Waals surface area (Å²) >= 11 is 0. The van der Waals surface area contributed by atoms with Gasteiger partial charge in [-0.2, -0.15) is 5.10 Å². The maximum absolute atomic E-state index is 11.1. The standard InChI is InChI=1S/C11H18N2O2/c1-4-15-11(14)6-5-7-13-10(3)8-9(2)12-13/h8H,4-7H2,1-3H3. The van der Waals surface area contributed by atoms with Crippen LogP contribution in [0.3, 0.4) is 0 Å². The minimum absolute atomic E-state index is 0.126. The monoisotopic (exact) mass is 210 g/mol. The van der Waals surface area contributed by atoms with Gasteiger partial charge in [-0.25, -0.2) is 0 Å². The van der Waals surface area contributed by atoms with Crippen LogP contribution in [0.25, 0.3) is 0 Å². The zero-order valence-electron chi connectivity index (χ0n) is 9.62. The molecule has 0 radical (unpaired) electrons. The fourth-order valence-corrected chi connectivity index (χ4v) is 1.51. The molecular formula is C11H18N2O2. The van der Waals surface area contributed by atoms with Gasteiger partial charge in [0.1, 0.15) is 0 Å². The van der Waals surface area contributed by atoms with Gasteiger partial charge in [0, 0.05) is 18.7 Å². The predicted octanol–water partition coefficient (Wildman–Crippen LogP) is 1.84. The molecule has 4 heteroatoms. The summed E-state index contributed by atoms with van der Waals surface area (Å²) < 4.78 is 6.77. The molecule has 0 spiro atoms. The van der Waals surface area contributed by atoms with Crippen molar-refractivity contribution in [3.05, 3.63) is 17.5 Å². The molecule has 0 atom stereocenters. The van der Waals surface area contributed by atoms with Crippen LogP contribution in [0.1, 0.15) is 31.2 Å². The van der Waals surface area contributed by atoms with E-state index in [1.807, 2.05) is 31.5 Å². The molecule has 0 amide bonds. The number of esters is 1. The molecular weight excluding hydrogens is 192 g/mol. The maximum atomic E-state index is 11.1. The normalized spacial score (nSPS) is 10.3. The van der Waals surface area contributed by atoms with E-state index in [0.29, 0.717) is 13.0 Å². The molecule has 0 aliphatic rings. The molecule has 0 saturated carbocycles. The SMILES string of the molecule is CCOC(=O)CCCn1nc(C)cc1C. The Kier molecular flexibility index (Phi) is 4.34. The van der Waals surface area contributed by atoms with Gasteiger partial charge in [0.05, 0.1) is 12.3 Å². The lowest BCUT2D eigenvalue weighted by Gasteiger charge is -2.04. The molecule has 1 rings (SSSR count). The Morgan fingerprint density at radius 2 is 2.27 bits per heavy atom. The summed E-state index contributed by atoms with van der Waals surface area (Å²) in [5.74, 6) is -0.126. The Morgan fingerprint density at radius 3 is 2.80 bits per heavy atom. The molecule has 1 heterocycles.